The molecule has 0 saturated carbocycles. The van der Waals surface area contributed by atoms with Crippen LogP contribution in [-0.2, 0) is 39.8 Å². The highest BCUT2D eigenvalue weighted by atomic mass is 35.5. The Morgan fingerprint density at radius 3 is 2.60 bits per heavy atom. The number of allylic oxidation sites excluding steroid dienone is 3. The Bertz CT molecular complexity index is 1480. The number of fused-ring (bicyclic) bond motifs is 6. The molecule has 7 atom stereocenters. The molecular formula is C36H52ClN3O9S. The molecule has 4 aliphatic heterocycles. The molecule has 4 heterocycles. The number of likely N-dealkylation sites (N-methyl/N-ethyl adjacent to an activating group) is 1. The van der Waals surface area contributed by atoms with Crippen molar-refractivity contribution in [3.63, 3.8) is 0 Å². The minimum Gasteiger partial charge on any atom is -0.495 e. The second kappa shape index (κ2) is 16.4. The Kier molecular flexibility index (Phi) is 13.1. The van der Waals surface area contributed by atoms with Gasteiger partial charge in [-0.05, 0) is 58.1 Å². The highest BCUT2D eigenvalue weighted by molar-refractivity contribution is 7.98. The van der Waals surface area contributed by atoms with E-state index < -0.39 is 47.3 Å². The molecule has 0 radical (unpaired) electrons. The van der Waals surface area contributed by atoms with Crippen molar-refractivity contribution < 1.29 is 43.2 Å². The lowest BCUT2D eigenvalue weighted by atomic mass is 9.72. The number of nitrogens with one attached hydrogen (secondary N) is 1. The van der Waals surface area contributed by atoms with Gasteiger partial charge >= 0.3 is 5.97 Å². The molecule has 1 aromatic carbocycles. The maximum atomic E-state index is 14.1. The van der Waals surface area contributed by atoms with E-state index >= 15 is 0 Å². The largest absolute Gasteiger partial charge is 0.495 e. The first-order valence-corrected chi connectivity index (χ1v) is 18.5. The third-order valence-electron chi connectivity index (χ3n) is 10.1. The molecule has 0 spiro atoms. The average Bonchev–Trinajstić information content (AvgIpc) is 3.07. The quantitative estimate of drug-likeness (QED) is 0.371. The highest BCUT2D eigenvalue weighted by Gasteiger charge is 2.62. The number of halogens is 1. The first-order chi connectivity index (χ1) is 23.5. The van der Waals surface area contributed by atoms with E-state index in [1.54, 1.807) is 45.8 Å². The van der Waals surface area contributed by atoms with Crippen molar-refractivity contribution >= 4 is 46.8 Å². The molecule has 14 heteroatoms. The van der Waals surface area contributed by atoms with Crippen LogP contribution in [-0.4, -0.2) is 116 Å². The molecule has 5 rings (SSSR count). The summed E-state index contributed by atoms with van der Waals surface area (Å²) in [5.41, 5.74) is -1.19. The van der Waals surface area contributed by atoms with Gasteiger partial charge in [-0.1, -0.05) is 35.4 Å². The number of anilines is 1. The van der Waals surface area contributed by atoms with Crippen LogP contribution in [0.4, 0.5) is 5.69 Å². The molecule has 2 amide bonds. The zero-order valence-corrected chi connectivity index (χ0v) is 32.1. The summed E-state index contributed by atoms with van der Waals surface area (Å²) in [5, 5.41) is 15.1. The Hall–Kier alpha value is -2.65. The lowest BCUT2D eigenvalue weighted by Gasteiger charge is -2.59. The summed E-state index contributed by atoms with van der Waals surface area (Å²) in [7, 11) is 6.23. The fourth-order valence-electron chi connectivity index (χ4n) is 6.93. The lowest BCUT2D eigenvalue weighted by Crippen LogP contribution is -2.72. The molecule has 278 valence electrons. The predicted molar refractivity (Wildman–Crippen MR) is 193 cm³/mol. The second-order valence-electron chi connectivity index (χ2n) is 13.9. The number of thioether (sulfide) groups is 1. The number of benzene rings is 1. The van der Waals surface area contributed by atoms with Crippen LogP contribution in [0.2, 0.25) is 5.02 Å². The number of hydrogen-bond acceptors (Lipinski definition) is 11. The predicted octanol–water partition coefficient (Wildman–Crippen LogP) is 4.25. The molecule has 0 aromatic heterocycles. The molecule has 12 nitrogen and oxygen atoms in total. The van der Waals surface area contributed by atoms with Crippen molar-refractivity contribution in [2.24, 2.45) is 0 Å². The van der Waals surface area contributed by atoms with Crippen LogP contribution in [0.1, 0.15) is 58.9 Å². The molecular weight excluding hydrogens is 686 g/mol. The van der Waals surface area contributed by atoms with Gasteiger partial charge < -0.3 is 38.6 Å². The van der Waals surface area contributed by atoms with Gasteiger partial charge in [0.2, 0.25) is 11.8 Å². The minimum atomic E-state index is -1.47. The van der Waals surface area contributed by atoms with Crippen LogP contribution < -0.4 is 15.0 Å². The molecule has 2 N–H and O–H groups in total. The summed E-state index contributed by atoms with van der Waals surface area (Å²) >= 11 is 8.30. The number of carbonyl (C=O) groups excluding carboxylic acids is 3. The molecule has 0 aliphatic carbocycles. The Labute approximate surface area is 304 Å². The van der Waals surface area contributed by atoms with Gasteiger partial charge in [0.15, 0.2) is 0 Å². The van der Waals surface area contributed by atoms with Gasteiger partial charge in [-0.3, -0.25) is 14.9 Å². The number of amides is 2. The van der Waals surface area contributed by atoms with Crippen molar-refractivity contribution in [2.45, 2.75) is 101 Å². The van der Waals surface area contributed by atoms with E-state index in [2.05, 4.69) is 5.32 Å². The fourth-order valence-corrected chi connectivity index (χ4v) is 7.62. The van der Waals surface area contributed by atoms with Crippen LogP contribution in [0.5, 0.6) is 5.75 Å². The van der Waals surface area contributed by atoms with Crippen molar-refractivity contribution in [2.75, 3.05) is 52.0 Å². The van der Waals surface area contributed by atoms with Crippen molar-refractivity contribution in [1.29, 1.82) is 0 Å². The minimum absolute atomic E-state index is 0.0493. The van der Waals surface area contributed by atoms with Crippen LogP contribution in [0.15, 0.2) is 35.9 Å². The van der Waals surface area contributed by atoms with Gasteiger partial charge in [0.25, 0.3) is 0 Å². The van der Waals surface area contributed by atoms with E-state index in [9.17, 15) is 19.5 Å². The lowest BCUT2D eigenvalue weighted by molar-refractivity contribution is -0.340. The Balaban J connectivity index is 1.74. The first-order valence-electron chi connectivity index (χ1n) is 16.7. The zero-order chi connectivity index (χ0) is 37.0. The molecule has 4 aliphatic rings. The third-order valence-corrected chi connectivity index (χ3v) is 11.0. The average molecular weight is 738 g/mol. The van der Waals surface area contributed by atoms with Crippen LogP contribution >= 0.6 is 23.4 Å². The van der Waals surface area contributed by atoms with Gasteiger partial charge in [-0.15, -0.1) is 0 Å². The number of rotatable bonds is 8. The third kappa shape index (κ3) is 8.68. The van der Waals surface area contributed by atoms with Crippen molar-refractivity contribution in [3.8, 4) is 5.75 Å². The summed E-state index contributed by atoms with van der Waals surface area (Å²) in [5.74, 6) is -0.189. The number of nitrogens with zero attached hydrogens (tertiary/aromatic N) is 2. The SMILES string of the molecule is COc1cc2cc(c1Cl)N(C)C(=O)C[C@H](OC(=O)[C@H](C)N(C)C(=O)CCSC)C1(C)C[C@@](C)(O1)C1C[C@@](O)(NCO1)[C@H](OC)/C=C/C=C(\C)C2. The monoisotopic (exact) mass is 737 g/mol. The van der Waals surface area contributed by atoms with E-state index in [0.29, 0.717) is 30.0 Å². The number of ether oxygens (including phenoxy) is 5. The van der Waals surface area contributed by atoms with Gasteiger partial charge in [0, 0.05) is 46.2 Å². The van der Waals surface area contributed by atoms with Crippen LogP contribution in [0.3, 0.4) is 0 Å². The molecule has 2 unspecified atom stereocenters. The van der Waals surface area contributed by atoms with E-state index in [0.717, 1.165) is 11.1 Å². The number of methoxy groups -OCH3 is 2. The summed E-state index contributed by atoms with van der Waals surface area (Å²) < 4.78 is 30.1. The van der Waals surface area contributed by atoms with E-state index in [4.69, 9.17) is 35.3 Å². The summed E-state index contributed by atoms with van der Waals surface area (Å²) in [6.45, 7) is 7.29. The maximum absolute atomic E-state index is 14.1. The molecule has 1 aromatic rings. The Morgan fingerprint density at radius 1 is 1.26 bits per heavy atom. The maximum Gasteiger partial charge on any atom is 0.328 e. The van der Waals surface area contributed by atoms with E-state index in [1.165, 1.54) is 24.0 Å². The second-order valence-corrected chi connectivity index (χ2v) is 15.2. The van der Waals surface area contributed by atoms with Gasteiger partial charge in [0.1, 0.15) is 40.3 Å². The van der Waals surface area contributed by atoms with Gasteiger partial charge in [-0.25, -0.2) is 4.79 Å². The highest BCUT2D eigenvalue weighted by Crippen LogP contribution is 2.50. The van der Waals surface area contributed by atoms with Gasteiger partial charge in [0.05, 0.1) is 37.7 Å². The number of carbonyl (C=O) groups is 3. The fraction of sp³-hybridized carbons (Fsp3) is 0.639. The van der Waals surface area contributed by atoms with Crippen molar-refractivity contribution in [3.05, 3.63) is 46.5 Å². The summed E-state index contributed by atoms with van der Waals surface area (Å²) in [6, 6.07) is 2.76. The number of aliphatic hydroxyl groups is 1. The van der Waals surface area contributed by atoms with Crippen LogP contribution in [0, 0.1) is 0 Å². The topological polar surface area (TPSA) is 136 Å². The normalized spacial score (nSPS) is 32.6. The summed E-state index contributed by atoms with van der Waals surface area (Å²) in [4.78, 5) is 43.3. The first kappa shape index (κ1) is 40.1. The molecule has 2 saturated heterocycles. The molecule has 6 bridgehead atoms. The van der Waals surface area contributed by atoms with Gasteiger partial charge in [-0.2, -0.15) is 11.8 Å². The smallest absolute Gasteiger partial charge is 0.328 e. The molecule has 2 fully saturated rings. The van der Waals surface area contributed by atoms with Crippen LogP contribution in [0.25, 0.3) is 0 Å². The van der Waals surface area contributed by atoms with E-state index in [1.807, 2.05) is 44.4 Å². The number of esters is 1. The van der Waals surface area contributed by atoms with Crippen molar-refractivity contribution in [1.82, 2.24) is 10.2 Å². The van der Waals surface area contributed by atoms with E-state index in [-0.39, 0.29) is 42.8 Å². The molecule has 50 heavy (non-hydrogen) atoms. The Morgan fingerprint density at radius 2 is 1.96 bits per heavy atom. The summed E-state index contributed by atoms with van der Waals surface area (Å²) in [6.07, 6.45) is 6.21. The number of hydrogen-bond donors (Lipinski definition) is 2. The zero-order valence-electron chi connectivity index (χ0n) is 30.5. The standard InChI is InChI=1S/C36H52ClN3O9S/c1-22-11-10-12-27(46-8)36(44)19-29(47-21-38-36)35(4)20-34(3,49-35)28(48-33(43)23(2)39(5)30(41)13-14-50-9)18-31(42)40(6)25-16-24(15-22)17-26(45-7)32(25)37/h10-12,16-17,23,27-29,38,44H,13-15,18-21H2,1-9H3/b12-10+,22-11+/t23-,27+,28-,29?,34?,35+,36-/m0/s1.